The molecule has 1 rings (SSSR count). The number of pyridine rings is 1. The van der Waals surface area contributed by atoms with Gasteiger partial charge in [-0.3, -0.25) is 4.79 Å². The van der Waals surface area contributed by atoms with Crippen LogP contribution in [0, 0.1) is 0 Å². The zero-order valence-corrected chi connectivity index (χ0v) is 7.82. The fourth-order valence-corrected chi connectivity index (χ4v) is 0.742. The Morgan fingerprint density at radius 2 is 2.38 bits per heavy atom. The summed E-state index contributed by atoms with van der Waals surface area (Å²) < 4.78 is 0. The Labute approximate surface area is 76.7 Å². The van der Waals surface area contributed by atoms with Gasteiger partial charge in [0, 0.05) is 12.3 Å². The van der Waals surface area contributed by atoms with Crippen molar-refractivity contribution in [2.75, 3.05) is 0 Å². The van der Waals surface area contributed by atoms with Crippen molar-refractivity contribution >= 4 is 5.69 Å². The van der Waals surface area contributed by atoms with Crippen LogP contribution in [-0.2, 0) is 0 Å². The quantitative estimate of drug-likeness (QED) is 0.711. The van der Waals surface area contributed by atoms with E-state index in [1.54, 1.807) is 12.3 Å². The van der Waals surface area contributed by atoms with Crippen LogP contribution in [0.5, 0.6) is 0 Å². The van der Waals surface area contributed by atoms with E-state index in [1.807, 2.05) is 13.8 Å². The molecule has 0 aliphatic rings. The van der Waals surface area contributed by atoms with Crippen molar-refractivity contribution in [3.63, 3.8) is 0 Å². The summed E-state index contributed by atoms with van der Waals surface area (Å²) in [6.07, 6.45) is 2.51. The molecule has 1 unspecified atom stereocenters. The van der Waals surface area contributed by atoms with Gasteiger partial charge in [0.15, 0.2) is 0 Å². The Bertz CT molecular complexity index is 343. The monoisotopic (exact) mass is 179 g/mol. The summed E-state index contributed by atoms with van der Waals surface area (Å²) in [4.78, 5) is 13.4. The molecule has 0 saturated heterocycles. The lowest BCUT2D eigenvalue weighted by atomic mass is 10.3. The summed E-state index contributed by atoms with van der Waals surface area (Å²) in [6, 6.07) is 3.35. The lowest BCUT2D eigenvalue weighted by molar-refractivity contribution is 0.680. The number of nitrogens with one attached hydrogen (secondary N) is 1. The van der Waals surface area contributed by atoms with Gasteiger partial charge in [-0.25, -0.2) is 0 Å². The van der Waals surface area contributed by atoms with Crippen molar-refractivity contribution in [1.29, 1.82) is 0 Å². The van der Waals surface area contributed by atoms with Crippen LogP contribution in [0.15, 0.2) is 33.4 Å². The molecule has 0 fully saturated rings. The summed E-state index contributed by atoms with van der Waals surface area (Å²) in [5.41, 5.74) is 0.449. The van der Waals surface area contributed by atoms with E-state index in [0.29, 0.717) is 5.69 Å². The van der Waals surface area contributed by atoms with E-state index in [9.17, 15) is 4.79 Å². The Morgan fingerprint density at radius 3 is 3.00 bits per heavy atom. The van der Waals surface area contributed by atoms with Crippen molar-refractivity contribution in [2.24, 2.45) is 10.2 Å². The molecule has 13 heavy (non-hydrogen) atoms. The first kappa shape index (κ1) is 9.64. The van der Waals surface area contributed by atoms with Gasteiger partial charge in [-0.15, -0.1) is 0 Å². The summed E-state index contributed by atoms with van der Waals surface area (Å²) in [7, 11) is 0. The average Bonchev–Trinajstić information content (AvgIpc) is 2.14. The first-order valence-electron chi connectivity index (χ1n) is 4.32. The zero-order valence-electron chi connectivity index (χ0n) is 7.82. The van der Waals surface area contributed by atoms with Crippen LogP contribution < -0.4 is 5.56 Å². The number of rotatable bonds is 3. The highest BCUT2D eigenvalue weighted by Crippen LogP contribution is 2.08. The topological polar surface area (TPSA) is 57.6 Å². The molecule has 0 radical (unpaired) electrons. The maximum absolute atomic E-state index is 10.8. The molecule has 1 N–H and O–H groups in total. The smallest absolute Gasteiger partial charge is 0.250 e. The van der Waals surface area contributed by atoms with E-state index in [-0.39, 0.29) is 11.6 Å². The van der Waals surface area contributed by atoms with E-state index < -0.39 is 0 Å². The number of H-pyrrole nitrogens is 1. The van der Waals surface area contributed by atoms with Crippen molar-refractivity contribution < 1.29 is 0 Å². The first-order chi connectivity index (χ1) is 6.22. The summed E-state index contributed by atoms with van der Waals surface area (Å²) in [5, 5.41) is 7.97. The molecular formula is C9H13N3O. The third-order valence-corrected chi connectivity index (χ3v) is 1.72. The van der Waals surface area contributed by atoms with Crippen molar-refractivity contribution in [1.82, 2.24) is 4.98 Å². The lowest BCUT2D eigenvalue weighted by Crippen LogP contribution is -2.00. The molecule has 0 aliphatic heterocycles. The van der Waals surface area contributed by atoms with Gasteiger partial charge in [0.2, 0.25) is 5.56 Å². The Morgan fingerprint density at radius 1 is 1.62 bits per heavy atom. The maximum Gasteiger partial charge on any atom is 0.250 e. The zero-order chi connectivity index (χ0) is 9.68. The Balaban J connectivity index is 2.74. The van der Waals surface area contributed by atoms with Crippen molar-refractivity contribution in [3.05, 3.63) is 28.7 Å². The van der Waals surface area contributed by atoms with Gasteiger partial charge in [-0.2, -0.15) is 10.2 Å². The van der Waals surface area contributed by atoms with Crippen LogP contribution in [0.1, 0.15) is 20.3 Å². The molecule has 0 spiro atoms. The maximum atomic E-state index is 10.8. The third kappa shape index (κ3) is 3.19. The highest BCUT2D eigenvalue weighted by atomic mass is 16.1. The van der Waals surface area contributed by atoms with Crippen molar-refractivity contribution in [2.45, 2.75) is 26.3 Å². The van der Waals surface area contributed by atoms with E-state index in [0.717, 1.165) is 6.42 Å². The van der Waals surface area contributed by atoms with E-state index in [1.165, 1.54) is 6.07 Å². The molecule has 4 nitrogen and oxygen atoms in total. The van der Waals surface area contributed by atoms with Crippen LogP contribution in [-0.4, -0.2) is 11.0 Å². The molecule has 0 amide bonds. The van der Waals surface area contributed by atoms with Crippen molar-refractivity contribution in [3.8, 4) is 0 Å². The lowest BCUT2D eigenvalue weighted by Gasteiger charge is -1.97. The number of aromatic amines is 1. The minimum absolute atomic E-state index is 0.152. The van der Waals surface area contributed by atoms with Crippen LogP contribution >= 0.6 is 0 Å². The molecule has 0 saturated carbocycles. The van der Waals surface area contributed by atoms with Gasteiger partial charge in [-0.1, -0.05) is 6.92 Å². The van der Waals surface area contributed by atoms with E-state index in [4.69, 9.17) is 0 Å². The predicted molar refractivity (Wildman–Crippen MR) is 51.3 cm³/mol. The largest absolute Gasteiger partial charge is 0.329 e. The second-order valence-electron chi connectivity index (χ2n) is 2.88. The standard InChI is InChI=1S/C9H13N3O/c1-3-7(2)11-12-8-4-5-10-9(13)6-8/h4-7H,3H2,1-2H3,(H,10,13). The highest BCUT2D eigenvalue weighted by Gasteiger charge is 1.93. The summed E-state index contributed by atoms with van der Waals surface area (Å²) in [6.45, 7) is 4.03. The van der Waals surface area contributed by atoms with Crippen LogP contribution in [0.25, 0.3) is 0 Å². The van der Waals surface area contributed by atoms with Crippen LogP contribution in [0.3, 0.4) is 0 Å². The van der Waals surface area contributed by atoms with Crippen LogP contribution in [0.2, 0.25) is 0 Å². The molecule has 1 aromatic rings. The molecule has 0 aromatic carbocycles. The van der Waals surface area contributed by atoms with Crippen LogP contribution in [0.4, 0.5) is 5.69 Å². The molecule has 1 atom stereocenters. The summed E-state index contributed by atoms with van der Waals surface area (Å²) in [5.74, 6) is 0. The average molecular weight is 179 g/mol. The number of nitrogens with zero attached hydrogens (tertiary/aromatic N) is 2. The molecule has 1 aromatic heterocycles. The fraction of sp³-hybridized carbons (Fsp3) is 0.444. The first-order valence-corrected chi connectivity index (χ1v) is 4.32. The van der Waals surface area contributed by atoms with Gasteiger partial charge in [0.05, 0.1) is 11.7 Å². The van der Waals surface area contributed by atoms with Gasteiger partial charge >= 0.3 is 0 Å². The number of azo groups is 1. The highest BCUT2D eigenvalue weighted by molar-refractivity contribution is 5.32. The van der Waals surface area contributed by atoms with E-state index in [2.05, 4.69) is 15.2 Å². The fourth-order valence-electron chi connectivity index (χ4n) is 0.742. The van der Waals surface area contributed by atoms with Gasteiger partial charge in [0.25, 0.3) is 0 Å². The Kier molecular flexibility index (Phi) is 3.37. The normalized spacial score (nSPS) is 13.4. The summed E-state index contributed by atoms with van der Waals surface area (Å²) >= 11 is 0. The molecule has 1 heterocycles. The van der Waals surface area contributed by atoms with E-state index >= 15 is 0 Å². The van der Waals surface area contributed by atoms with Gasteiger partial charge in [-0.05, 0) is 19.4 Å². The SMILES string of the molecule is CCC(C)N=Nc1cc[nH]c(=O)c1. The molecule has 0 bridgehead atoms. The minimum Gasteiger partial charge on any atom is -0.329 e. The molecule has 0 aliphatic carbocycles. The number of aromatic nitrogens is 1. The second-order valence-corrected chi connectivity index (χ2v) is 2.88. The number of hydrogen-bond donors (Lipinski definition) is 1. The molecular weight excluding hydrogens is 166 g/mol. The van der Waals surface area contributed by atoms with Gasteiger partial charge in [0.1, 0.15) is 0 Å². The van der Waals surface area contributed by atoms with Gasteiger partial charge < -0.3 is 4.98 Å². The second kappa shape index (κ2) is 4.54. The Hall–Kier alpha value is -1.45. The predicted octanol–water partition coefficient (Wildman–Crippen LogP) is 2.26. The molecule has 4 heteroatoms. The molecule has 70 valence electrons. The minimum atomic E-state index is -0.152. The number of hydrogen-bond acceptors (Lipinski definition) is 3. The third-order valence-electron chi connectivity index (χ3n) is 1.72.